The van der Waals surface area contributed by atoms with Gasteiger partial charge in [0.25, 0.3) is 0 Å². The molecule has 0 bridgehead atoms. The van der Waals surface area contributed by atoms with Gasteiger partial charge in [0.1, 0.15) is 11.6 Å². The Morgan fingerprint density at radius 3 is 1.25 bits per heavy atom. The average Bonchev–Trinajstić information content (AvgIpc) is 3.41. The molecular formula is C56H63N17. The summed E-state index contributed by atoms with van der Waals surface area (Å²) in [6.45, 7) is 22.8. The van der Waals surface area contributed by atoms with Crippen LogP contribution in [0.15, 0.2) is 226 Å². The van der Waals surface area contributed by atoms with Gasteiger partial charge in [-0.3, -0.25) is 0 Å². The average molecular weight is 974 g/mol. The minimum Gasteiger partial charge on any atom is -0.368 e. The van der Waals surface area contributed by atoms with Crippen LogP contribution in [-0.4, -0.2) is 65.0 Å². The molecule has 0 aliphatic carbocycles. The first kappa shape index (κ1) is 51.6. The van der Waals surface area contributed by atoms with Gasteiger partial charge in [-0.25, -0.2) is 0 Å². The van der Waals surface area contributed by atoms with Gasteiger partial charge in [-0.15, -0.1) is 20.5 Å². The first-order valence-corrected chi connectivity index (χ1v) is 24.0. The summed E-state index contributed by atoms with van der Waals surface area (Å²) in [7, 11) is 3.75. The summed E-state index contributed by atoms with van der Waals surface area (Å²) >= 11 is 0. The van der Waals surface area contributed by atoms with E-state index in [2.05, 4.69) is 107 Å². The fourth-order valence-electron chi connectivity index (χ4n) is 7.20. The van der Waals surface area contributed by atoms with Crippen LogP contribution < -0.4 is 31.1 Å². The Morgan fingerprint density at radius 2 is 0.849 bits per heavy atom. The SMILES string of the molecule is C=C(N=Nc1ccc(N2CCN(c3nc(Nc4ccc(Nc5ccc(N=NC(=C)N(C)/C=C\C)cc5)cc4)nc(Nc4ccc(Nc5ccc(N=NC(=C)N(C)/C=C\C)cc5)cc4)n3)CC2)cc1)C(C)/C=C\C. The molecule has 17 heteroatoms. The summed E-state index contributed by atoms with van der Waals surface area (Å²) in [5.74, 6) is 2.59. The molecule has 7 rings (SSSR count). The number of anilines is 10. The molecule has 1 aliphatic heterocycles. The molecule has 1 saturated heterocycles. The van der Waals surface area contributed by atoms with E-state index in [0.29, 0.717) is 42.6 Å². The van der Waals surface area contributed by atoms with Crippen molar-refractivity contribution in [2.45, 2.75) is 27.7 Å². The molecule has 372 valence electrons. The molecule has 1 unspecified atom stereocenters. The second-order valence-corrected chi connectivity index (χ2v) is 16.9. The van der Waals surface area contributed by atoms with Crippen molar-refractivity contribution < 1.29 is 0 Å². The van der Waals surface area contributed by atoms with Crippen LogP contribution in [0.4, 0.5) is 74.7 Å². The second-order valence-electron chi connectivity index (χ2n) is 16.9. The predicted octanol–water partition coefficient (Wildman–Crippen LogP) is 15.0. The predicted molar refractivity (Wildman–Crippen MR) is 300 cm³/mol. The Hall–Kier alpha value is -9.25. The maximum Gasteiger partial charge on any atom is 0.233 e. The standard InChI is InChI=1S/C56H63N17/c1-10-13-40(4)41(5)64-67-52-30-32-53(33-31-52)72-36-38-73(39-37-72)56-62-54(59-48-18-14-44(15-19-48)57-46-22-26-50(27-23-46)68-65-42(6)70(8)34-11-2)61-55(63-56)60-49-20-16-45(17-21-49)58-47-24-28-51(29-25-47)69-66-43(7)71(9)35-12-3/h10-35,40,57-58H,5-7,36-39H2,1-4,8-9H3,(H2,59,60,61,62,63)/b13-10-,34-11-,35-12-,67-64?,68-65?,69-66?. The smallest absolute Gasteiger partial charge is 0.233 e. The number of nitrogens with zero attached hydrogens (tertiary/aromatic N) is 13. The monoisotopic (exact) mass is 974 g/mol. The first-order chi connectivity index (χ1) is 35.4. The molecule has 0 spiro atoms. The van der Waals surface area contributed by atoms with E-state index in [1.54, 1.807) is 0 Å². The van der Waals surface area contributed by atoms with E-state index in [1.165, 1.54) is 0 Å². The van der Waals surface area contributed by atoms with Crippen LogP contribution in [0.5, 0.6) is 0 Å². The number of hydrogen-bond acceptors (Lipinski definition) is 17. The summed E-state index contributed by atoms with van der Waals surface area (Å²) in [5.41, 5.74) is 9.31. The van der Waals surface area contributed by atoms with E-state index in [0.717, 1.165) is 75.7 Å². The largest absolute Gasteiger partial charge is 0.368 e. The van der Waals surface area contributed by atoms with Crippen molar-refractivity contribution >= 4 is 74.7 Å². The fourth-order valence-corrected chi connectivity index (χ4v) is 7.20. The molecule has 17 nitrogen and oxygen atoms in total. The van der Waals surface area contributed by atoms with Crippen LogP contribution in [0, 0.1) is 5.92 Å². The molecular weight excluding hydrogens is 911 g/mol. The molecule has 0 amide bonds. The Labute approximate surface area is 428 Å². The van der Waals surface area contributed by atoms with Crippen molar-refractivity contribution in [3.63, 3.8) is 0 Å². The van der Waals surface area contributed by atoms with Gasteiger partial charge in [-0.2, -0.15) is 25.2 Å². The van der Waals surface area contributed by atoms with E-state index < -0.39 is 0 Å². The van der Waals surface area contributed by atoms with Crippen molar-refractivity contribution in [1.29, 1.82) is 0 Å². The molecule has 0 saturated carbocycles. The van der Waals surface area contributed by atoms with E-state index in [4.69, 9.17) is 15.0 Å². The van der Waals surface area contributed by atoms with Crippen LogP contribution in [0.25, 0.3) is 0 Å². The Bertz CT molecular complexity index is 2820. The molecule has 1 aromatic heterocycles. The maximum atomic E-state index is 4.93. The van der Waals surface area contributed by atoms with E-state index >= 15 is 0 Å². The van der Waals surface area contributed by atoms with Crippen molar-refractivity contribution in [3.8, 4) is 0 Å². The van der Waals surface area contributed by atoms with Gasteiger partial charge in [0, 0.05) is 98.4 Å². The van der Waals surface area contributed by atoms with Gasteiger partial charge in [0.2, 0.25) is 17.8 Å². The Morgan fingerprint density at radius 1 is 0.493 bits per heavy atom. The third kappa shape index (κ3) is 15.4. The fraction of sp³-hybridized carbons (Fsp3) is 0.196. The summed E-state index contributed by atoms with van der Waals surface area (Å²) < 4.78 is 0. The zero-order chi connectivity index (χ0) is 51.5. The van der Waals surface area contributed by atoms with Crippen LogP contribution in [0.2, 0.25) is 0 Å². The highest BCUT2D eigenvalue weighted by atomic mass is 15.4. The lowest BCUT2D eigenvalue weighted by atomic mass is 10.1. The third-order valence-electron chi connectivity index (χ3n) is 11.4. The van der Waals surface area contributed by atoms with Crippen LogP contribution in [-0.2, 0) is 0 Å². The molecule has 1 atom stereocenters. The highest BCUT2D eigenvalue weighted by molar-refractivity contribution is 5.68. The zero-order valence-corrected chi connectivity index (χ0v) is 42.4. The summed E-state index contributed by atoms with van der Waals surface area (Å²) in [6, 6.07) is 39.5. The number of nitrogens with one attached hydrogen (secondary N) is 4. The summed E-state index contributed by atoms with van der Waals surface area (Å²) in [6.07, 6.45) is 11.6. The molecule has 6 aromatic rings. The van der Waals surface area contributed by atoms with Crippen LogP contribution >= 0.6 is 0 Å². The topological polar surface area (TPSA) is 174 Å². The quantitative estimate of drug-likeness (QED) is 0.0376. The van der Waals surface area contributed by atoms with Gasteiger partial charge in [0.05, 0.1) is 22.8 Å². The molecule has 0 radical (unpaired) electrons. The zero-order valence-electron chi connectivity index (χ0n) is 42.4. The van der Waals surface area contributed by atoms with Gasteiger partial charge >= 0.3 is 0 Å². The number of azo groups is 3. The minimum atomic E-state index is 0.129. The van der Waals surface area contributed by atoms with Crippen LogP contribution in [0.1, 0.15) is 27.7 Å². The summed E-state index contributed by atoms with van der Waals surface area (Å²) in [4.78, 5) is 22.8. The van der Waals surface area contributed by atoms with Crippen molar-refractivity contribution in [2.24, 2.45) is 36.6 Å². The first-order valence-electron chi connectivity index (χ1n) is 24.0. The second kappa shape index (κ2) is 25.6. The lowest BCUT2D eigenvalue weighted by molar-refractivity contribution is 0.555. The number of rotatable bonds is 22. The van der Waals surface area contributed by atoms with Crippen molar-refractivity contribution in [1.82, 2.24) is 24.8 Å². The van der Waals surface area contributed by atoms with Gasteiger partial charge < -0.3 is 40.9 Å². The van der Waals surface area contributed by atoms with Crippen molar-refractivity contribution in [3.05, 3.63) is 195 Å². The number of piperazine rings is 1. The summed E-state index contributed by atoms with van der Waals surface area (Å²) in [5, 5.41) is 39.6. The van der Waals surface area contributed by atoms with E-state index in [1.807, 2.05) is 184 Å². The van der Waals surface area contributed by atoms with E-state index in [9.17, 15) is 0 Å². The Kier molecular flexibility index (Phi) is 18.1. The highest BCUT2D eigenvalue weighted by Crippen LogP contribution is 2.29. The third-order valence-corrected chi connectivity index (χ3v) is 11.4. The lowest BCUT2D eigenvalue weighted by Gasteiger charge is -2.36. The molecule has 4 N–H and O–H groups in total. The number of hydrogen-bond donors (Lipinski definition) is 4. The molecule has 1 aliphatic rings. The highest BCUT2D eigenvalue weighted by Gasteiger charge is 2.21. The molecule has 73 heavy (non-hydrogen) atoms. The van der Waals surface area contributed by atoms with Gasteiger partial charge in [0.15, 0.2) is 0 Å². The number of aromatic nitrogens is 3. The van der Waals surface area contributed by atoms with Crippen LogP contribution in [0.3, 0.4) is 0 Å². The minimum absolute atomic E-state index is 0.129. The number of benzene rings is 5. The molecule has 5 aromatic carbocycles. The van der Waals surface area contributed by atoms with E-state index in [-0.39, 0.29) is 5.92 Å². The normalized spacial score (nSPS) is 13.4. The number of allylic oxidation sites excluding steroid dienone is 4. The Balaban J connectivity index is 1.02. The van der Waals surface area contributed by atoms with Crippen molar-refractivity contribution in [2.75, 3.05) is 71.3 Å². The van der Waals surface area contributed by atoms with Gasteiger partial charge in [-0.05, 0) is 142 Å². The maximum absolute atomic E-state index is 4.93. The molecule has 2 heterocycles. The lowest BCUT2D eigenvalue weighted by Crippen LogP contribution is -2.47. The molecule has 1 fully saturated rings. The van der Waals surface area contributed by atoms with Gasteiger partial charge in [-0.1, -0.05) is 51.0 Å².